The summed E-state index contributed by atoms with van der Waals surface area (Å²) in [6.45, 7) is 7.22. The topological polar surface area (TPSA) is 116 Å². The SMILES string of the molecule is COc1cccc2[nH]c(C(=O)N[C@H](CN(C)[C@@H](C[C@@H]3CCNC3=O)C(=O)c3nc4ccccc4s3)C(C)(C)C)cc12. The number of aromatic nitrogens is 2. The first-order valence-electron chi connectivity index (χ1n) is 13.9. The van der Waals surface area contributed by atoms with E-state index in [4.69, 9.17) is 4.74 Å². The maximum absolute atomic E-state index is 14.0. The number of nitrogens with zero attached hydrogens (tertiary/aromatic N) is 2. The van der Waals surface area contributed by atoms with Crippen LogP contribution in [0.15, 0.2) is 48.5 Å². The van der Waals surface area contributed by atoms with E-state index in [-0.39, 0.29) is 35.0 Å². The number of hydrogen-bond acceptors (Lipinski definition) is 7. The summed E-state index contributed by atoms with van der Waals surface area (Å²) in [4.78, 5) is 49.7. The van der Waals surface area contributed by atoms with Crippen molar-refractivity contribution in [3.05, 3.63) is 59.2 Å². The second kappa shape index (κ2) is 11.6. The first-order chi connectivity index (χ1) is 19.5. The van der Waals surface area contributed by atoms with Crippen LogP contribution in [0, 0.1) is 11.3 Å². The monoisotopic (exact) mass is 575 g/mol. The number of carbonyl (C=O) groups is 3. The summed E-state index contributed by atoms with van der Waals surface area (Å²) >= 11 is 1.38. The minimum absolute atomic E-state index is 0.0181. The van der Waals surface area contributed by atoms with Crippen LogP contribution in [0.2, 0.25) is 0 Å². The van der Waals surface area contributed by atoms with Gasteiger partial charge in [0.25, 0.3) is 5.91 Å². The first-order valence-corrected chi connectivity index (χ1v) is 14.7. The van der Waals surface area contributed by atoms with E-state index >= 15 is 0 Å². The van der Waals surface area contributed by atoms with Crippen LogP contribution in [-0.4, -0.2) is 71.8 Å². The molecule has 2 aromatic heterocycles. The number of benzene rings is 2. The van der Waals surface area contributed by atoms with Crippen LogP contribution in [0.4, 0.5) is 0 Å². The van der Waals surface area contributed by atoms with Crippen LogP contribution in [-0.2, 0) is 4.79 Å². The standard InChI is InChI=1S/C31H37N5O4S/c1-31(2,3)26(35-29(39)22-16-19-20(33-22)10-8-11-24(19)40-5)17-36(4)23(15-18-13-14-32-28(18)38)27(37)30-34-21-9-6-7-12-25(21)41-30/h6-12,16,18,23,26,33H,13-15,17H2,1-5H3,(H,32,38)(H,35,39)/t18-,23-,26+/m0/s1. The van der Waals surface area contributed by atoms with Gasteiger partial charge in [-0.2, -0.15) is 0 Å². The summed E-state index contributed by atoms with van der Waals surface area (Å²) in [5.74, 6) is 0.0909. The molecule has 0 spiro atoms. The Hall–Kier alpha value is -3.76. The predicted octanol–water partition coefficient (Wildman–Crippen LogP) is 4.64. The summed E-state index contributed by atoms with van der Waals surface area (Å²) in [7, 11) is 3.50. The van der Waals surface area contributed by atoms with Gasteiger partial charge in [0.2, 0.25) is 11.7 Å². The number of carbonyl (C=O) groups excluding carboxylic acids is 3. The summed E-state index contributed by atoms with van der Waals surface area (Å²) in [6.07, 6.45) is 1.09. The Morgan fingerprint density at radius 1 is 1.20 bits per heavy atom. The number of para-hydroxylation sites is 1. The van der Waals surface area contributed by atoms with Gasteiger partial charge in [0, 0.05) is 36.0 Å². The third-order valence-electron chi connectivity index (χ3n) is 7.92. The Morgan fingerprint density at radius 2 is 1.98 bits per heavy atom. The molecule has 0 radical (unpaired) electrons. The molecule has 9 nitrogen and oxygen atoms in total. The molecule has 1 aliphatic heterocycles. The van der Waals surface area contributed by atoms with Gasteiger partial charge in [-0.25, -0.2) is 4.98 Å². The third kappa shape index (κ3) is 6.13. The van der Waals surface area contributed by atoms with Crippen LogP contribution < -0.4 is 15.4 Å². The zero-order valence-corrected chi connectivity index (χ0v) is 24.9. The van der Waals surface area contributed by atoms with E-state index in [9.17, 15) is 14.4 Å². The number of H-pyrrole nitrogens is 1. The van der Waals surface area contributed by atoms with E-state index in [0.717, 1.165) is 21.1 Å². The zero-order chi connectivity index (χ0) is 29.3. The maximum Gasteiger partial charge on any atom is 0.268 e. The van der Waals surface area contributed by atoms with E-state index in [0.29, 0.717) is 42.4 Å². The Kier molecular flexibility index (Phi) is 8.15. The number of fused-ring (bicyclic) bond motifs is 2. The number of aromatic amines is 1. The predicted molar refractivity (Wildman–Crippen MR) is 162 cm³/mol. The molecular formula is C31H37N5O4S. The zero-order valence-electron chi connectivity index (χ0n) is 24.1. The van der Waals surface area contributed by atoms with Gasteiger partial charge < -0.3 is 20.4 Å². The number of methoxy groups -OCH3 is 1. The van der Waals surface area contributed by atoms with Gasteiger partial charge in [-0.3, -0.25) is 19.3 Å². The van der Waals surface area contributed by atoms with Crippen molar-refractivity contribution in [1.82, 2.24) is 25.5 Å². The number of thiazole rings is 1. The summed E-state index contributed by atoms with van der Waals surface area (Å²) < 4.78 is 6.40. The van der Waals surface area contributed by atoms with Crippen LogP contribution in [0.1, 0.15) is 53.9 Å². The lowest BCUT2D eigenvalue weighted by Gasteiger charge is -2.37. The summed E-state index contributed by atoms with van der Waals surface area (Å²) in [6, 6.07) is 14.3. The first kappa shape index (κ1) is 28.8. The largest absolute Gasteiger partial charge is 0.496 e. The van der Waals surface area contributed by atoms with Crippen molar-refractivity contribution in [3.63, 3.8) is 0 Å². The molecule has 1 aliphatic rings. The normalized spacial score (nSPS) is 17.1. The van der Waals surface area contributed by atoms with Crippen molar-refractivity contribution >= 4 is 50.1 Å². The average Bonchev–Trinajstić information content (AvgIpc) is 3.68. The number of amides is 2. The molecule has 0 aliphatic carbocycles. The molecule has 3 heterocycles. The molecule has 0 saturated carbocycles. The second-order valence-corrected chi connectivity index (χ2v) is 12.8. The second-order valence-electron chi connectivity index (χ2n) is 11.8. The molecule has 2 aromatic carbocycles. The lowest BCUT2D eigenvalue weighted by atomic mass is 9.85. The van der Waals surface area contributed by atoms with Crippen molar-refractivity contribution < 1.29 is 19.1 Å². The lowest BCUT2D eigenvalue weighted by molar-refractivity contribution is -0.122. The van der Waals surface area contributed by atoms with E-state index in [1.807, 2.05) is 54.4 Å². The molecule has 216 valence electrons. The van der Waals surface area contributed by atoms with Gasteiger partial charge in [-0.05, 0) is 55.6 Å². The fraction of sp³-hybridized carbons (Fsp3) is 0.419. The molecule has 41 heavy (non-hydrogen) atoms. The Balaban J connectivity index is 1.39. The van der Waals surface area contributed by atoms with Crippen molar-refractivity contribution in [1.29, 1.82) is 0 Å². The molecular weight excluding hydrogens is 538 g/mol. The van der Waals surface area contributed by atoms with Crippen LogP contribution >= 0.6 is 11.3 Å². The Morgan fingerprint density at radius 3 is 2.66 bits per heavy atom. The number of rotatable bonds is 10. The summed E-state index contributed by atoms with van der Waals surface area (Å²) in [5, 5.41) is 7.36. The molecule has 1 fully saturated rings. The minimum atomic E-state index is -0.566. The van der Waals surface area contributed by atoms with Gasteiger partial charge in [-0.15, -0.1) is 11.3 Å². The highest BCUT2D eigenvalue weighted by molar-refractivity contribution is 7.20. The van der Waals surface area contributed by atoms with Gasteiger partial charge in [0.1, 0.15) is 11.4 Å². The van der Waals surface area contributed by atoms with Crippen LogP contribution in [0.25, 0.3) is 21.1 Å². The van der Waals surface area contributed by atoms with Crippen molar-refractivity contribution in [3.8, 4) is 5.75 Å². The van der Waals surface area contributed by atoms with Crippen LogP contribution in [0.3, 0.4) is 0 Å². The molecule has 2 amide bonds. The van der Waals surface area contributed by atoms with E-state index in [2.05, 4.69) is 41.4 Å². The number of likely N-dealkylation sites (N-methyl/N-ethyl adjacent to an activating group) is 1. The van der Waals surface area contributed by atoms with Gasteiger partial charge in [-0.1, -0.05) is 39.0 Å². The highest BCUT2D eigenvalue weighted by atomic mass is 32.1. The van der Waals surface area contributed by atoms with Gasteiger partial charge >= 0.3 is 0 Å². The number of ketones is 1. The molecule has 0 bridgehead atoms. The smallest absolute Gasteiger partial charge is 0.268 e. The highest BCUT2D eigenvalue weighted by Crippen LogP contribution is 2.29. The highest BCUT2D eigenvalue weighted by Gasteiger charge is 2.37. The number of hydrogen-bond donors (Lipinski definition) is 3. The number of nitrogens with one attached hydrogen (secondary N) is 3. The van der Waals surface area contributed by atoms with E-state index < -0.39 is 6.04 Å². The molecule has 0 unspecified atom stereocenters. The molecule has 10 heteroatoms. The van der Waals surface area contributed by atoms with E-state index in [1.54, 1.807) is 13.2 Å². The van der Waals surface area contributed by atoms with E-state index in [1.165, 1.54) is 11.3 Å². The van der Waals surface area contributed by atoms with Crippen LogP contribution in [0.5, 0.6) is 5.75 Å². The molecule has 4 aromatic rings. The molecule has 1 saturated heterocycles. The molecule has 3 atom stereocenters. The summed E-state index contributed by atoms with van der Waals surface area (Å²) in [5.41, 5.74) is 1.72. The quantitative estimate of drug-likeness (QED) is 0.237. The number of ether oxygens (including phenoxy) is 1. The molecule has 5 rings (SSSR count). The van der Waals surface area contributed by atoms with Gasteiger partial charge in [0.05, 0.1) is 23.4 Å². The Bertz CT molecular complexity index is 1550. The molecule has 3 N–H and O–H groups in total. The van der Waals surface area contributed by atoms with Crippen molar-refractivity contribution in [2.24, 2.45) is 11.3 Å². The third-order valence-corrected chi connectivity index (χ3v) is 8.97. The number of Topliss-reactive ketones (excluding diaryl/α,β-unsaturated/α-hetero) is 1. The fourth-order valence-electron chi connectivity index (χ4n) is 5.36. The maximum atomic E-state index is 14.0. The minimum Gasteiger partial charge on any atom is -0.496 e. The Labute approximate surface area is 243 Å². The average molecular weight is 576 g/mol. The van der Waals surface area contributed by atoms with Crippen molar-refractivity contribution in [2.45, 2.75) is 45.7 Å². The fourth-order valence-corrected chi connectivity index (χ4v) is 6.32. The van der Waals surface area contributed by atoms with Crippen molar-refractivity contribution in [2.75, 3.05) is 27.2 Å². The van der Waals surface area contributed by atoms with Gasteiger partial charge in [0.15, 0.2) is 5.01 Å². The lowest BCUT2D eigenvalue weighted by Crippen LogP contribution is -2.53.